The van der Waals surface area contributed by atoms with Crippen molar-refractivity contribution in [2.45, 2.75) is 19.9 Å². The number of rotatable bonds is 2. The summed E-state index contributed by atoms with van der Waals surface area (Å²) in [7, 11) is 0. The van der Waals surface area contributed by atoms with E-state index < -0.39 is 0 Å². The van der Waals surface area contributed by atoms with Gasteiger partial charge in [0.2, 0.25) is 0 Å². The summed E-state index contributed by atoms with van der Waals surface area (Å²) < 4.78 is 0. The minimum atomic E-state index is -0.00863. The predicted molar refractivity (Wildman–Crippen MR) is 78.9 cm³/mol. The molecule has 2 heterocycles. The molecule has 0 aliphatic carbocycles. The van der Waals surface area contributed by atoms with Gasteiger partial charge >= 0.3 is 0 Å². The Bertz CT molecular complexity index is 618. The Kier molecular flexibility index (Phi) is 3.36. The van der Waals surface area contributed by atoms with Crippen LogP contribution in [-0.4, -0.2) is 12.5 Å². The molecule has 2 N–H and O–H groups in total. The smallest absolute Gasteiger partial charge is 0.256 e. The van der Waals surface area contributed by atoms with Crippen molar-refractivity contribution in [3.8, 4) is 0 Å². The molecule has 0 unspecified atom stereocenters. The maximum Gasteiger partial charge on any atom is 0.256 e. The fourth-order valence-electron chi connectivity index (χ4n) is 2.43. The lowest BCUT2D eigenvalue weighted by molar-refractivity contribution is 0.102. The molecule has 0 atom stereocenters. The molecule has 3 nitrogen and oxygen atoms in total. The van der Waals surface area contributed by atoms with Crippen molar-refractivity contribution in [2.24, 2.45) is 0 Å². The summed E-state index contributed by atoms with van der Waals surface area (Å²) in [5.41, 5.74) is 5.31. The van der Waals surface area contributed by atoms with Gasteiger partial charge in [0.25, 0.3) is 5.91 Å². The average Bonchev–Trinajstić information content (AvgIpc) is 2.85. The number of benzene rings is 1. The highest BCUT2D eigenvalue weighted by Crippen LogP contribution is 2.24. The molecule has 98 valence electrons. The van der Waals surface area contributed by atoms with Crippen LogP contribution in [0.5, 0.6) is 0 Å². The standard InChI is InChI=1S/C15H16N2OS/c1-10-8-19-9-13(10)15(18)17-14-4-2-3-11-7-16-6-5-12(11)14/h2-4,8-9,16H,5-7H2,1H3,(H,17,18). The Hall–Kier alpha value is -1.65. The predicted octanol–water partition coefficient (Wildman–Crippen LogP) is 2.95. The minimum absolute atomic E-state index is 0.00863. The maximum atomic E-state index is 12.3. The van der Waals surface area contributed by atoms with Crippen LogP contribution in [0.3, 0.4) is 0 Å². The topological polar surface area (TPSA) is 41.1 Å². The lowest BCUT2D eigenvalue weighted by Gasteiger charge is -2.20. The Morgan fingerprint density at radius 3 is 3.05 bits per heavy atom. The molecule has 0 radical (unpaired) electrons. The average molecular weight is 272 g/mol. The van der Waals surface area contributed by atoms with Crippen LogP contribution in [0.1, 0.15) is 27.0 Å². The number of thiophene rings is 1. The second-order valence-electron chi connectivity index (χ2n) is 4.79. The molecule has 1 aliphatic heterocycles. The van der Waals surface area contributed by atoms with Crippen molar-refractivity contribution in [3.63, 3.8) is 0 Å². The Morgan fingerprint density at radius 1 is 1.37 bits per heavy atom. The minimum Gasteiger partial charge on any atom is -0.322 e. The van der Waals surface area contributed by atoms with Gasteiger partial charge in [-0.1, -0.05) is 12.1 Å². The molecule has 2 aromatic rings. The van der Waals surface area contributed by atoms with E-state index in [1.807, 2.05) is 29.8 Å². The van der Waals surface area contributed by atoms with Gasteiger partial charge < -0.3 is 10.6 Å². The lowest BCUT2D eigenvalue weighted by Crippen LogP contribution is -2.25. The molecule has 0 fully saturated rings. The van der Waals surface area contributed by atoms with Crippen molar-refractivity contribution in [3.05, 3.63) is 51.2 Å². The number of anilines is 1. The normalized spacial score (nSPS) is 13.9. The van der Waals surface area contributed by atoms with E-state index in [0.717, 1.165) is 36.3 Å². The quantitative estimate of drug-likeness (QED) is 0.882. The van der Waals surface area contributed by atoms with E-state index in [4.69, 9.17) is 0 Å². The number of hydrogen-bond acceptors (Lipinski definition) is 3. The van der Waals surface area contributed by atoms with Gasteiger partial charge in [-0.15, -0.1) is 0 Å². The van der Waals surface area contributed by atoms with Crippen LogP contribution in [0.2, 0.25) is 0 Å². The van der Waals surface area contributed by atoms with Gasteiger partial charge in [0.1, 0.15) is 0 Å². The summed E-state index contributed by atoms with van der Waals surface area (Å²) >= 11 is 1.56. The van der Waals surface area contributed by atoms with Gasteiger partial charge in [-0.05, 0) is 48.0 Å². The van der Waals surface area contributed by atoms with Gasteiger partial charge in [-0.25, -0.2) is 0 Å². The van der Waals surface area contributed by atoms with Gasteiger partial charge in [0.05, 0.1) is 5.56 Å². The van der Waals surface area contributed by atoms with E-state index in [2.05, 4.69) is 16.7 Å². The molecule has 1 aromatic carbocycles. The third kappa shape index (κ3) is 2.41. The molecule has 0 saturated heterocycles. The monoisotopic (exact) mass is 272 g/mol. The summed E-state index contributed by atoms with van der Waals surface area (Å²) in [5, 5.41) is 10.3. The van der Waals surface area contributed by atoms with Crippen molar-refractivity contribution in [2.75, 3.05) is 11.9 Å². The lowest BCUT2D eigenvalue weighted by atomic mass is 9.99. The third-order valence-corrected chi connectivity index (χ3v) is 4.35. The molecule has 0 saturated carbocycles. The molecular weight excluding hydrogens is 256 g/mol. The van der Waals surface area contributed by atoms with Crippen LogP contribution in [-0.2, 0) is 13.0 Å². The summed E-state index contributed by atoms with van der Waals surface area (Å²) in [6.07, 6.45) is 0.967. The van der Waals surface area contributed by atoms with E-state index in [0.29, 0.717) is 0 Å². The summed E-state index contributed by atoms with van der Waals surface area (Å²) in [6.45, 7) is 3.82. The van der Waals surface area contributed by atoms with Crippen LogP contribution in [0.25, 0.3) is 0 Å². The molecule has 4 heteroatoms. The van der Waals surface area contributed by atoms with Crippen LogP contribution in [0, 0.1) is 6.92 Å². The molecule has 1 aliphatic rings. The first-order chi connectivity index (χ1) is 9.25. The SMILES string of the molecule is Cc1cscc1C(=O)Nc1cccc2c1CCNC2. The van der Waals surface area contributed by atoms with E-state index in [9.17, 15) is 4.79 Å². The van der Waals surface area contributed by atoms with Gasteiger partial charge in [-0.2, -0.15) is 11.3 Å². The second kappa shape index (κ2) is 5.15. The number of hydrogen-bond donors (Lipinski definition) is 2. The summed E-state index contributed by atoms with van der Waals surface area (Å²) in [4.78, 5) is 12.3. The van der Waals surface area contributed by atoms with Gasteiger partial charge in [-0.3, -0.25) is 4.79 Å². The van der Waals surface area contributed by atoms with Crippen molar-refractivity contribution < 1.29 is 4.79 Å². The van der Waals surface area contributed by atoms with Crippen molar-refractivity contribution in [1.82, 2.24) is 5.32 Å². The van der Waals surface area contributed by atoms with E-state index in [1.54, 1.807) is 11.3 Å². The fraction of sp³-hybridized carbons (Fsp3) is 0.267. The Balaban J connectivity index is 1.88. The zero-order valence-electron chi connectivity index (χ0n) is 10.8. The molecule has 19 heavy (non-hydrogen) atoms. The molecule has 0 spiro atoms. The summed E-state index contributed by atoms with van der Waals surface area (Å²) in [5.74, 6) is -0.00863. The summed E-state index contributed by atoms with van der Waals surface area (Å²) in [6, 6.07) is 6.11. The molecule has 0 bridgehead atoms. The third-order valence-electron chi connectivity index (χ3n) is 3.49. The number of carbonyl (C=O) groups is 1. The first-order valence-electron chi connectivity index (χ1n) is 6.41. The zero-order valence-corrected chi connectivity index (χ0v) is 11.6. The molecular formula is C15H16N2OS. The van der Waals surface area contributed by atoms with Crippen LogP contribution in [0.4, 0.5) is 5.69 Å². The molecule has 3 rings (SSSR count). The number of amides is 1. The van der Waals surface area contributed by atoms with Crippen LogP contribution in [0.15, 0.2) is 29.0 Å². The number of aryl methyl sites for hydroxylation is 1. The van der Waals surface area contributed by atoms with Gasteiger partial charge in [0.15, 0.2) is 0 Å². The van der Waals surface area contributed by atoms with E-state index >= 15 is 0 Å². The highest BCUT2D eigenvalue weighted by atomic mass is 32.1. The number of nitrogens with one attached hydrogen (secondary N) is 2. The first-order valence-corrected chi connectivity index (χ1v) is 7.35. The highest BCUT2D eigenvalue weighted by molar-refractivity contribution is 7.08. The van der Waals surface area contributed by atoms with Crippen molar-refractivity contribution in [1.29, 1.82) is 0 Å². The van der Waals surface area contributed by atoms with E-state index in [-0.39, 0.29) is 5.91 Å². The Morgan fingerprint density at radius 2 is 2.26 bits per heavy atom. The molecule has 1 amide bonds. The van der Waals surface area contributed by atoms with Gasteiger partial charge in [0, 0.05) is 17.6 Å². The maximum absolute atomic E-state index is 12.3. The Labute approximate surface area is 116 Å². The van der Waals surface area contributed by atoms with Crippen LogP contribution >= 0.6 is 11.3 Å². The van der Waals surface area contributed by atoms with E-state index in [1.165, 1.54) is 11.1 Å². The zero-order chi connectivity index (χ0) is 13.2. The number of fused-ring (bicyclic) bond motifs is 1. The number of carbonyl (C=O) groups excluding carboxylic acids is 1. The molecule has 1 aromatic heterocycles. The largest absolute Gasteiger partial charge is 0.322 e. The highest BCUT2D eigenvalue weighted by Gasteiger charge is 2.15. The fourth-order valence-corrected chi connectivity index (χ4v) is 3.26. The first kappa shape index (κ1) is 12.4. The second-order valence-corrected chi connectivity index (χ2v) is 5.54. The van der Waals surface area contributed by atoms with Crippen molar-refractivity contribution >= 4 is 22.9 Å². The van der Waals surface area contributed by atoms with Crippen LogP contribution < -0.4 is 10.6 Å².